The first kappa shape index (κ1) is 20.0. The van der Waals surface area contributed by atoms with Crippen LogP contribution in [-0.2, 0) is 16.0 Å². The number of ether oxygens (including phenoxy) is 1. The molecule has 0 radical (unpaired) electrons. The van der Waals surface area contributed by atoms with Crippen LogP contribution >= 0.6 is 0 Å². The number of hydrogen-bond acceptors (Lipinski definition) is 3. The quantitative estimate of drug-likeness (QED) is 0.756. The molecule has 0 atom stereocenters. The van der Waals surface area contributed by atoms with E-state index in [2.05, 4.69) is 15.4 Å². The molecule has 5 nitrogen and oxygen atoms in total. The summed E-state index contributed by atoms with van der Waals surface area (Å²) in [6.07, 6.45) is -2.43. The number of carbonyl (C=O) groups excluding carboxylic acids is 2. The zero-order valence-corrected chi connectivity index (χ0v) is 14.3. The molecule has 0 fully saturated rings. The lowest BCUT2D eigenvalue weighted by molar-refractivity contribution is -0.274. The van der Waals surface area contributed by atoms with Crippen molar-refractivity contribution < 1.29 is 27.5 Å². The Morgan fingerprint density at radius 3 is 2.44 bits per heavy atom. The van der Waals surface area contributed by atoms with Crippen LogP contribution in [0.15, 0.2) is 54.6 Å². The topological polar surface area (TPSA) is 67.4 Å². The highest BCUT2D eigenvalue weighted by Gasteiger charge is 2.31. The molecule has 0 spiro atoms. The van der Waals surface area contributed by atoms with E-state index in [0.717, 1.165) is 12.1 Å². The molecule has 0 aliphatic heterocycles. The number of nitrogens with one attached hydrogen (secondary N) is 2. The van der Waals surface area contributed by atoms with Crippen LogP contribution in [-0.4, -0.2) is 25.2 Å². The van der Waals surface area contributed by atoms with Gasteiger partial charge in [0.05, 0.1) is 6.42 Å². The second-order valence-corrected chi connectivity index (χ2v) is 5.42. The molecule has 2 aromatic carbocycles. The number of amides is 2. The van der Waals surface area contributed by atoms with Gasteiger partial charge < -0.3 is 15.4 Å². The Bertz CT molecular complexity index is 848. The van der Waals surface area contributed by atoms with Crippen LogP contribution in [0.5, 0.6) is 5.75 Å². The van der Waals surface area contributed by atoms with Crippen molar-refractivity contribution in [3.05, 3.63) is 65.7 Å². The van der Waals surface area contributed by atoms with E-state index < -0.39 is 18.0 Å². The van der Waals surface area contributed by atoms with E-state index in [9.17, 15) is 22.8 Å². The summed E-state index contributed by atoms with van der Waals surface area (Å²) in [5, 5.41) is 5.10. The molecule has 27 heavy (non-hydrogen) atoms. The molecular formula is C19H17F3N2O3. The zero-order chi connectivity index (χ0) is 19.9. The predicted octanol–water partition coefficient (Wildman–Crippen LogP) is 3.53. The lowest BCUT2D eigenvalue weighted by Crippen LogP contribution is -2.21. The fourth-order valence-electron chi connectivity index (χ4n) is 2.23. The fourth-order valence-corrected chi connectivity index (χ4v) is 2.23. The Balaban J connectivity index is 2.12. The Morgan fingerprint density at radius 2 is 1.74 bits per heavy atom. The maximum absolute atomic E-state index is 12.4. The number of likely N-dealkylation sites (N-methyl/N-ethyl adjacent to an activating group) is 1. The average Bonchev–Trinajstić information content (AvgIpc) is 2.61. The molecule has 0 unspecified atom stereocenters. The van der Waals surface area contributed by atoms with Crippen LogP contribution in [0.2, 0.25) is 0 Å². The minimum absolute atomic E-state index is 0.0823. The summed E-state index contributed by atoms with van der Waals surface area (Å²) < 4.78 is 41.2. The third-order valence-electron chi connectivity index (χ3n) is 3.46. The van der Waals surface area contributed by atoms with Crippen molar-refractivity contribution in [2.45, 2.75) is 12.8 Å². The molecule has 0 saturated heterocycles. The lowest BCUT2D eigenvalue weighted by atomic mass is 10.1. The van der Waals surface area contributed by atoms with Gasteiger partial charge in [-0.1, -0.05) is 36.4 Å². The number of para-hydroxylation sites is 2. The molecule has 0 aliphatic carbocycles. The molecule has 0 heterocycles. The van der Waals surface area contributed by atoms with Crippen molar-refractivity contribution >= 4 is 23.6 Å². The summed E-state index contributed by atoms with van der Waals surface area (Å²) >= 11 is 0. The summed E-state index contributed by atoms with van der Waals surface area (Å²) in [6, 6.07) is 12.2. The second kappa shape index (κ2) is 8.88. The highest BCUT2D eigenvalue weighted by Crippen LogP contribution is 2.27. The molecule has 2 amide bonds. The molecule has 142 valence electrons. The number of hydrogen-bond donors (Lipinski definition) is 2. The van der Waals surface area contributed by atoms with Gasteiger partial charge in [0.1, 0.15) is 5.75 Å². The van der Waals surface area contributed by atoms with Gasteiger partial charge in [0.25, 0.3) is 0 Å². The summed E-state index contributed by atoms with van der Waals surface area (Å²) in [4.78, 5) is 23.7. The zero-order valence-electron chi connectivity index (χ0n) is 14.3. The Kier molecular flexibility index (Phi) is 6.59. The smallest absolute Gasteiger partial charge is 0.405 e. The maximum atomic E-state index is 12.4. The summed E-state index contributed by atoms with van der Waals surface area (Å²) in [5.41, 5.74) is 1.15. The van der Waals surface area contributed by atoms with Gasteiger partial charge in [-0.2, -0.15) is 0 Å². The number of benzene rings is 2. The number of halogens is 3. The molecule has 0 saturated carbocycles. The van der Waals surface area contributed by atoms with Crippen LogP contribution in [0.4, 0.5) is 18.9 Å². The molecule has 2 aromatic rings. The number of anilines is 1. The van der Waals surface area contributed by atoms with Gasteiger partial charge in [-0.3, -0.25) is 9.59 Å². The van der Waals surface area contributed by atoms with Crippen molar-refractivity contribution in [1.82, 2.24) is 5.32 Å². The molecule has 0 aliphatic rings. The van der Waals surface area contributed by atoms with Crippen molar-refractivity contribution in [2.75, 3.05) is 12.4 Å². The molecule has 2 rings (SSSR count). The van der Waals surface area contributed by atoms with Gasteiger partial charge in [0, 0.05) is 24.4 Å². The second-order valence-electron chi connectivity index (χ2n) is 5.42. The Morgan fingerprint density at radius 1 is 1.07 bits per heavy atom. The van der Waals surface area contributed by atoms with Crippen LogP contribution in [0, 0.1) is 0 Å². The van der Waals surface area contributed by atoms with E-state index >= 15 is 0 Å². The largest absolute Gasteiger partial charge is 0.573 e. The van der Waals surface area contributed by atoms with Crippen LogP contribution in [0.3, 0.4) is 0 Å². The molecular weight excluding hydrogens is 361 g/mol. The summed E-state index contributed by atoms with van der Waals surface area (Å²) in [7, 11) is 1.51. The number of alkyl halides is 3. The first-order valence-corrected chi connectivity index (χ1v) is 7.91. The van der Waals surface area contributed by atoms with Gasteiger partial charge in [0.2, 0.25) is 11.8 Å². The molecule has 2 N–H and O–H groups in total. The van der Waals surface area contributed by atoms with E-state index in [0.29, 0.717) is 11.3 Å². The normalized spacial score (nSPS) is 11.3. The van der Waals surface area contributed by atoms with Crippen LogP contribution in [0.1, 0.15) is 11.1 Å². The van der Waals surface area contributed by atoms with Crippen molar-refractivity contribution in [3.8, 4) is 5.75 Å². The van der Waals surface area contributed by atoms with Crippen molar-refractivity contribution in [1.29, 1.82) is 0 Å². The Labute approximate surface area is 153 Å². The predicted molar refractivity (Wildman–Crippen MR) is 95.0 cm³/mol. The van der Waals surface area contributed by atoms with E-state index in [1.807, 2.05) is 0 Å². The summed E-state index contributed by atoms with van der Waals surface area (Å²) in [5.74, 6) is -1.18. The lowest BCUT2D eigenvalue weighted by Gasteiger charge is -2.11. The van der Waals surface area contributed by atoms with E-state index in [-0.39, 0.29) is 17.9 Å². The highest BCUT2D eigenvalue weighted by molar-refractivity contribution is 6.02. The van der Waals surface area contributed by atoms with Crippen molar-refractivity contribution in [2.24, 2.45) is 0 Å². The minimum atomic E-state index is -4.83. The fraction of sp³-hybridized carbons (Fsp3) is 0.158. The SMILES string of the molecule is CNC(=O)Cc1ccccc1NC(=O)C=Cc1ccccc1OC(F)(F)F. The van der Waals surface area contributed by atoms with Gasteiger partial charge in [-0.25, -0.2) is 0 Å². The monoisotopic (exact) mass is 378 g/mol. The molecule has 8 heteroatoms. The first-order chi connectivity index (χ1) is 12.8. The first-order valence-electron chi connectivity index (χ1n) is 7.91. The van der Waals surface area contributed by atoms with Crippen LogP contribution in [0.25, 0.3) is 6.08 Å². The third kappa shape index (κ3) is 6.50. The van der Waals surface area contributed by atoms with Crippen molar-refractivity contribution in [3.63, 3.8) is 0 Å². The third-order valence-corrected chi connectivity index (χ3v) is 3.46. The Hall–Kier alpha value is -3.29. The van der Waals surface area contributed by atoms with Gasteiger partial charge in [0.15, 0.2) is 0 Å². The summed E-state index contributed by atoms with van der Waals surface area (Å²) in [6.45, 7) is 0. The van der Waals surface area contributed by atoms with E-state index in [1.165, 1.54) is 31.3 Å². The van der Waals surface area contributed by atoms with E-state index in [1.54, 1.807) is 24.3 Å². The number of carbonyl (C=O) groups is 2. The average molecular weight is 378 g/mol. The molecule has 0 aromatic heterocycles. The van der Waals surface area contributed by atoms with Gasteiger partial charge in [-0.05, 0) is 23.8 Å². The van der Waals surface area contributed by atoms with E-state index in [4.69, 9.17) is 0 Å². The minimum Gasteiger partial charge on any atom is -0.405 e. The highest BCUT2D eigenvalue weighted by atomic mass is 19.4. The van der Waals surface area contributed by atoms with Gasteiger partial charge >= 0.3 is 6.36 Å². The molecule has 0 bridgehead atoms. The maximum Gasteiger partial charge on any atom is 0.573 e. The van der Waals surface area contributed by atoms with Gasteiger partial charge in [-0.15, -0.1) is 13.2 Å². The number of rotatable bonds is 6. The standard InChI is InChI=1S/C19H17F3N2O3/c1-23-18(26)12-14-7-2-4-8-15(14)24-17(25)11-10-13-6-3-5-9-16(13)27-19(20,21)22/h2-11H,12H2,1H3,(H,23,26)(H,24,25). The van der Waals surface area contributed by atoms with Crippen LogP contribution < -0.4 is 15.4 Å².